The Morgan fingerprint density at radius 2 is 1.74 bits per heavy atom. The molecule has 0 aromatic rings. The monoisotopic (exact) mass is 272 g/mol. The molecule has 3 nitrogen and oxygen atoms in total. The summed E-state index contributed by atoms with van der Waals surface area (Å²) in [6, 6.07) is 0. The fourth-order valence-electron chi connectivity index (χ4n) is 1.92. The van der Waals surface area contributed by atoms with Crippen molar-refractivity contribution in [2.75, 3.05) is 6.61 Å². The van der Waals surface area contributed by atoms with Gasteiger partial charge < -0.3 is 0 Å². The highest BCUT2D eigenvalue weighted by Gasteiger charge is 2.18. The first-order valence-electron chi connectivity index (χ1n) is 7.84. The van der Waals surface area contributed by atoms with Crippen LogP contribution in [0.3, 0.4) is 0 Å². The maximum absolute atomic E-state index is 11.8. The van der Waals surface area contributed by atoms with E-state index >= 15 is 0 Å². The van der Waals surface area contributed by atoms with Gasteiger partial charge in [-0.3, -0.25) is 4.89 Å². The second-order valence-corrected chi connectivity index (χ2v) is 6.01. The molecule has 19 heavy (non-hydrogen) atoms. The van der Waals surface area contributed by atoms with Crippen LogP contribution in [0, 0.1) is 17.8 Å². The van der Waals surface area contributed by atoms with Gasteiger partial charge in [-0.15, -0.1) is 0 Å². The SMILES string of the molecule is CCCCC(CC)C(=O)OOCC(C)CCC(C)C. The van der Waals surface area contributed by atoms with Gasteiger partial charge in [-0.2, -0.15) is 4.89 Å². The van der Waals surface area contributed by atoms with Crippen LogP contribution < -0.4 is 0 Å². The van der Waals surface area contributed by atoms with Gasteiger partial charge in [0.25, 0.3) is 0 Å². The van der Waals surface area contributed by atoms with Gasteiger partial charge in [-0.05, 0) is 31.1 Å². The summed E-state index contributed by atoms with van der Waals surface area (Å²) in [5, 5.41) is 0. The highest BCUT2D eigenvalue weighted by molar-refractivity contribution is 5.71. The predicted octanol–water partition coefficient (Wildman–Crippen LogP) is 4.75. The van der Waals surface area contributed by atoms with E-state index in [-0.39, 0.29) is 11.9 Å². The van der Waals surface area contributed by atoms with Crippen molar-refractivity contribution in [3.05, 3.63) is 0 Å². The lowest BCUT2D eigenvalue weighted by Gasteiger charge is -2.15. The average Bonchev–Trinajstić information content (AvgIpc) is 2.37. The van der Waals surface area contributed by atoms with Crippen molar-refractivity contribution >= 4 is 5.97 Å². The average molecular weight is 272 g/mol. The molecule has 0 bridgehead atoms. The van der Waals surface area contributed by atoms with E-state index in [2.05, 4.69) is 27.7 Å². The molecule has 0 spiro atoms. The summed E-state index contributed by atoms with van der Waals surface area (Å²) in [4.78, 5) is 21.8. The van der Waals surface area contributed by atoms with Crippen LogP contribution in [0.15, 0.2) is 0 Å². The van der Waals surface area contributed by atoms with E-state index in [1.807, 2.05) is 6.92 Å². The van der Waals surface area contributed by atoms with Gasteiger partial charge in [0.05, 0.1) is 12.5 Å². The molecule has 0 rings (SSSR count). The number of hydrogen-bond acceptors (Lipinski definition) is 3. The number of carbonyl (C=O) groups excluding carboxylic acids is 1. The van der Waals surface area contributed by atoms with Gasteiger partial charge in [0.2, 0.25) is 0 Å². The maximum atomic E-state index is 11.8. The normalized spacial score (nSPS) is 14.4. The minimum atomic E-state index is -0.202. The van der Waals surface area contributed by atoms with E-state index in [9.17, 15) is 4.79 Å². The topological polar surface area (TPSA) is 35.5 Å². The van der Waals surface area contributed by atoms with E-state index in [1.165, 1.54) is 6.42 Å². The second kappa shape index (κ2) is 11.3. The smallest absolute Gasteiger partial charge is 0.298 e. The Hall–Kier alpha value is -0.570. The van der Waals surface area contributed by atoms with Gasteiger partial charge in [0.1, 0.15) is 0 Å². The van der Waals surface area contributed by atoms with Crippen molar-refractivity contribution in [1.82, 2.24) is 0 Å². The zero-order chi connectivity index (χ0) is 14.7. The number of rotatable bonds is 11. The lowest BCUT2D eigenvalue weighted by atomic mass is 10.00. The van der Waals surface area contributed by atoms with Gasteiger partial charge in [-0.1, -0.05) is 53.9 Å². The highest BCUT2D eigenvalue weighted by Crippen LogP contribution is 2.16. The van der Waals surface area contributed by atoms with Crippen LogP contribution in [-0.2, 0) is 14.6 Å². The molecule has 0 aliphatic carbocycles. The predicted molar refractivity (Wildman–Crippen MR) is 78.6 cm³/mol. The summed E-state index contributed by atoms with van der Waals surface area (Å²) >= 11 is 0. The molecule has 0 amide bonds. The Labute approximate surface area is 119 Å². The quantitative estimate of drug-likeness (QED) is 0.402. The van der Waals surface area contributed by atoms with Crippen LogP contribution in [-0.4, -0.2) is 12.6 Å². The summed E-state index contributed by atoms with van der Waals surface area (Å²) in [5.41, 5.74) is 0. The molecule has 2 atom stereocenters. The van der Waals surface area contributed by atoms with Crippen molar-refractivity contribution < 1.29 is 14.6 Å². The first-order chi connectivity index (χ1) is 9.01. The third-order valence-corrected chi connectivity index (χ3v) is 3.46. The van der Waals surface area contributed by atoms with E-state index in [4.69, 9.17) is 9.78 Å². The molecule has 3 heteroatoms. The molecule has 0 saturated heterocycles. The maximum Gasteiger partial charge on any atom is 0.345 e. The first-order valence-corrected chi connectivity index (χ1v) is 7.84. The summed E-state index contributed by atoms with van der Waals surface area (Å²) in [6.07, 6.45) is 6.20. The Morgan fingerprint density at radius 3 is 2.26 bits per heavy atom. The molecule has 114 valence electrons. The Bertz CT molecular complexity index is 226. The molecule has 0 aromatic heterocycles. The molecule has 0 aromatic carbocycles. The van der Waals surface area contributed by atoms with Crippen molar-refractivity contribution in [3.63, 3.8) is 0 Å². The van der Waals surface area contributed by atoms with Crippen LogP contribution >= 0.6 is 0 Å². The van der Waals surface area contributed by atoms with E-state index < -0.39 is 0 Å². The molecule has 0 fully saturated rings. The molecular weight excluding hydrogens is 240 g/mol. The molecule has 0 N–H and O–H groups in total. The van der Waals surface area contributed by atoms with Crippen LogP contribution in [0.4, 0.5) is 0 Å². The summed E-state index contributed by atoms with van der Waals surface area (Å²) in [6.45, 7) is 11.2. The van der Waals surface area contributed by atoms with Crippen LogP contribution in [0.25, 0.3) is 0 Å². The zero-order valence-electron chi connectivity index (χ0n) is 13.4. The highest BCUT2D eigenvalue weighted by atomic mass is 17.2. The molecule has 2 unspecified atom stereocenters. The number of carbonyl (C=O) groups is 1. The van der Waals surface area contributed by atoms with Crippen molar-refractivity contribution in [2.24, 2.45) is 17.8 Å². The molecule has 0 aliphatic heterocycles. The van der Waals surface area contributed by atoms with E-state index in [0.717, 1.165) is 32.1 Å². The van der Waals surface area contributed by atoms with E-state index in [0.29, 0.717) is 18.4 Å². The number of unbranched alkanes of at least 4 members (excludes halogenated alkanes) is 1. The zero-order valence-corrected chi connectivity index (χ0v) is 13.4. The van der Waals surface area contributed by atoms with Crippen molar-refractivity contribution in [2.45, 2.75) is 73.1 Å². The van der Waals surface area contributed by atoms with Gasteiger partial charge >= 0.3 is 5.97 Å². The Morgan fingerprint density at radius 1 is 1.05 bits per heavy atom. The molecule has 0 heterocycles. The molecule has 0 aliphatic rings. The van der Waals surface area contributed by atoms with Crippen molar-refractivity contribution in [1.29, 1.82) is 0 Å². The van der Waals surface area contributed by atoms with Crippen LogP contribution in [0.5, 0.6) is 0 Å². The van der Waals surface area contributed by atoms with Crippen molar-refractivity contribution in [3.8, 4) is 0 Å². The minimum Gasteiger partial charge on any atom is -0.298 e. The van der Waals surface area contributed by atoms with Gasteiger partial charge in [0, 0.05) is 0 Å². The third-order valence-electron chi connectivity index (χ3n) is 3.46. The minimum absolute atomic E-state index is 0.00841. The molecular formula is C16H32O3. The fraction of sp³-hybridized carbons (Fsp3) is 0.938. The largest absolute Gasteiger partial charge is 0.345 e. The summed E-state index contributed by atoms with van der Waals surface area (Å²) in [5.74, 6) is 0.937. The van der Waals surface area contributed by atoms with E-state index in [1.54, 1.807) is 0 Å². The summed E-state index contributed by atoms with van der Waals surface area (Å²) < 4.78 is 0. The lowest BCUT2D eigenvalue weighted by molar-refractivity contribution is -0.281. The Balaban J connectivity index is 3.76. The molecule has 0 saturated carbocycles. The standard InChI is InChI=1S/C16H32O3/c1-6-8-9-15(7-2)16(17)19-18-12-14(5)11-10-13(3)4/h13-15H,6-12H2,1-5H3. The second-order valence-electron chi connectivity index (χ2n) is 6.01. The number of hydrogen-bond donors (Lipinski definition) is 0. The third kappa shape index (κ3) is 9.94. The van der Waals surface area contributed by atoms with Crippen LogP contribution in [0.1, 0.15) is 73.1 Å². The fourth-order valence-corrected chi connectivity index (χ4v) is 1.92. The molecule has 0 radical (unpaired) electrons. The first kappa shape index (κ1) is 18.4. The Kier molecular flexibility index (Phi) is 10.9. The lowest BCUT2D eigenvalue weighted by Crippen LogP contribution is -2.19. The van der Waals surface area contributed by atoms with Crippen LogP contribution in [0.2, 0.25) is 0 Å². The van der Waals surface area contributed by atoms with Gasteiger partial charge in [0.15, 0.2) is 0 Å². The van der Waals surface area contributed by atoms with Gasteiger partial charge in [-0.25, -0.2) is 4.79 Å². The summed E-state index contributed by atoms with van der Waals surface area (Å²) in [7, 11) is 0.